The van der Waals surface area contributed by atoms with E-state index in [-0.39, 0.29) is 4.90 Å². The molecule has 3 rings (SSSR count). The molecule has 0 amide bonds. The number of hydrogen-bond donors (Lipinski definition) is 1. The molecule has 7 heteroatoms. The Kier molecular flexibility index (Phi) is 4.67. The maximum atomic E-state index is 12.9. The maximum absolute atomic E-state index is 12.9. The molecule has 0 bridgehead atoms. The van der Waals surface area contributed by atoms with Gasteiger partial charge in [0.05, 0.1) is 0 Å². The zero-order chi connectivity index (χ0) is 18.0. The van der Waals surface area contributed by atoms with E-state index in [4.69, 9.17) is 0 Å². The first-order valence-electron chi connectivity index (χ1n) is 7.31. The Morgan fingerprint density at radius 2 is 1.64 bits per heavy atom. The summed E-state index contributed by atoms with van der Waals surface area (Å²) in [6, 6.07) is 15.6. The summed E-state index contributed by atoms with van der Waals surface area (Å²) in [7, 11) is 0. The average Bonchev–Trinajstić information content (AvgIpc) is 2.59. The predicted octanol–water partition coefficient (Wildman–Crippen LogP) is 4.57. The van der Waals surface area contributed by atoms with E-state index in [1.54, 1.807) is 24.3 Å². The number of hydrogen-bond acceptors (Lipinski definition) is 3. The minimum Gasteiger partial charge on any atom is -0.321 e. The van der Waals surface area contributed by atoms with Crippen LogP contribution >= 0.6 is 11.8 Å². The third-order valence-electron chi connectivity index (χ3n) is 3.58. The van der Waals surface area contributed by atoms with Gasteiger partial charge >= 0.3 is 6.18 Å². The molecule has 2 aromatic carbocycles. The fraction of sp³-hybridized carbons (Fsp3) is 0.111. The number of rotatable bonds is 4. The van der Waals surface area contributed by atoms with E-state index in [0.717, 1.165) is 17.3 Å². The van der Waals surface area contributed by atoms with Crippen LogP contribution in [0.25, 0.3) is 10.9 Å². The molecule has 0 spiro atoms. The van der Waals surface area contributed by atoms with Crippen LogP contribution in [-0.4, -0.2) is 16.9 Å². The van der Waals surface area contributed by atoms with Crippen molar-refractivity contribution in [2.75, 3.05) is 0 Å². The van der Waals surface area contributed by atoms with Crippen molar-refractivity contribution in [3.63, 3.8) is 0 Å². The Labute approximate surface area is 144 Å². The van der Waals surface area contributed by atoms with Crippen molar-refractivity contribution >= 4 is 28.4 Å². The molecule has 0 unspecified atom stereocenters. The molecule has 1 aromatic heterocycles. The first-order chi connectivity index (χ1) is 11.9. The number of halogens is 3. The second-order valence-electron chi connectivity index (χ2n) is 5.30. The van der Waals surface area contributed by atoms with Crippen LogP contribution in [-0.2, 0) is 5.75 Å². The number of aromatic amines is 1. The van der Waals surface area contributed by atoms with Gasteiger partial charge in [-0.15, -0.1) is 11.8 Å². The average molecular weight is 363 g/mol. The van der Waals surface area contributed by atoms with Gasteiger partial charge in [-0.2, -0.15) is 13.2 Å². The highest BCUT2D eigenvalue weighted by Crippen LogP contribution is 2.34. The van der Waals surface area contributed by atoms with Crippen molar-refractivity contribution in [2.45, 2.75) is 16.8 Å². The highest BCUT2D eigenvalue weighted by atomic mass is 32.2. The number of pyridine rings is 1. The Morgan fingerprint density at radius 3 is 2.32 bits per heavy atom. The zero-order valence-electron chi connectivity index (χ0n) is 12.8. The first-order valence-corrected chi connectivity index (χ1v) is 8.30. The topological polar surface area (TPSA) is 49.9 Å². The molecule has 0 saturated carbocycles. The van der Waals surface area contributed by atoms with Gasteiger partial charge in [-0.1, -0.05) is 48.5 Å². The predicted molar refractivity (Wildman–Crippen MR) is 91.0 cm³/mol. The fourth-order valence-corrected chi connectivity index (χ4v) is 3.61. The SMILES string of the molecule is O=C(c1c(SCc2ccccc2)c2ccccc2[nH]c1=O)C(F)(F)F. The van der Waals surface area contributed by atoms with Gasteiger partial charge in [0.25, 0.3) is 11.3 Å². The van der Waals surface area contributed by atoms with E-state index in [1.165, 1.54) is 0 Å². The number of H-pyrrole nitrogens is 1. The van der Waals surface area contributed by atoms with Crippen LogP contribution in [0.15, 0.2) is 64.3 Å². The maximum Gasteiger partial charge on any atom is 0.455 e. The molecule has 1 heterocycles. The number of carbonyl (C=O) groups is 1. The quantitative estimate of drug-likeness (QED) is 0.546. The second kappa shape index (κ2) is 6.76. The van der Waals surface area contributed by atoms with Gasteiger partial charge in [0.2, 0.25) is 0 Å². The molecule has 0 aliphatic carbocycles. The zero-order valence-corrected chi connectivity index (χ0v) is 13.6. The minimum atomic E-state index is -5.11. The molecule has 0 saturated heterocycles. The van der Waals surface area contributed by atoms with E-state index < -0.39 is 23.1 Å². The molecule has 0 aliphatic heterocycles. The third-order valence-corrected chi connectivity index (χ3v) is 4.77. The monoisotopic (exact) mass is 363 g/mol. The van der Waals surface area contributed by atoms with Gasteiger partial charge in [-0.05, 0) is 11.6 Å². The number of nitrogens with one attached hydrogen (secondary N) is 1. The summed E-state index contributed by atoms with van der Waals surface area (Å²) in [6.07, 6.45) is -5.11. The smallest absolute Gasteiger partial charge is 0.321 e. The normalized spacial score (nSPS) is 11.6. The van der Waals surface area contributed by atoms with Crippen molar-refractivity contribution in [3.05, 3.63) is 76.1 Å². The molecule has 0 fully saturated rings. The highest BCUT2D eigenvalue weighted by molar-refractivity contribution is 7.98. The van der Waals surface area contributed by atoms with E-state index in [9.17, 15) is 22.8 Å². The van der Waals surface area contributed by atoms with Crippen LogP contribution in [0.5, 0.6) is 0 Å². The molecule has 0 atom stereocenters. The number of ketones is 1. The second-order valence-corrected chi connectivity index (χ2v) is 6.29. The Hall–Kier alpha value is -2.54. The van der Waals surface area contributed by atoms with E-state index in [0.29, 0.717) is 16.7 Å². The standard InChI is InChI=1S/C18H12F3NO2S/c19-18(20,21)16(23)14-15(25-10-11-6-2-1-3-7-11)12-8-4-5-9-13(12)22-17(14)24/h1-9H,10H2,(H,22,24). The summed E-state index contributed by atoms with van der Waals surface area (Å²) >= 11 is 1.05. The highest BCUT2D eigenvalue weighted by Gasteiger charge is 2.42. The summed E-state index contributed by atoms with van der Waals surface area (Å²) in [6.45, 7) is 0. The third kappa shape index (κ3) is 3.61. The lowest BCUT2D eigenvalue weighted by Gasteiger charge is -2.13. The van der Waals surface area contributed by atoms with Gasteiger partial charge in [0.1, 0.15) is 5.56 Å². The van der Waals surface area contributed by atoms with Gasteiger partial charge in [0, 0.05) is 21.6 Å². The number of benzene rings is 2. The Balaban J connectivity index is 2.15. The lowest BCUT2D eigenvalue weighted by molar-refractivity contribution is -0.0888. The molecule has 0 aliphatic rings. The van der Waals surface area contributed by atoms with Crippen molar-refractivity contribution in [3.8, 4) is 0 Å². The number of para-hydroxylation sites is 1. The summed E-state index contributed by atoms with van der Waals surface area (Å²) in [5.74, 6) is -1.79. The van der Waals surface area contributed by atoms with Crippen molar-refractivity contribution in [2.24, 2.45) is 0 Å². The Bertz CT molecular complexity index is 981. The van der Waals surface area contributed by atoms with Crippen molar-refractivity contribution < 1.29 is 18.0 Å². The number of fused-ring (bicyclic) bond motifs is 1. The van der Waals surface area contributed by atoms with E-state index in [2.05, 4.69) is 4.98 Å². The van der Waals surface area contributed by atoms with Crippen molar-refractivity contribution in [1.82, 2.24) is 4.98 Å². The summed E-state index contributed by atoms with van der Waals surface area (Å²) < 4.78 is 38.8. The minimum absolute atomic E-state index is 0.0468. The van der Waals surface area contributed by atoms with E-state index >= 15 is 0 Å². The number of alkyl halides is 3. The number of Topliss-reactive ketones (excluding diaryl/α,β-unsaturated/α-hetero) is 1. The van der Waals surface area contributed by atoms with Crippen LogP contribution in [0.2, 0.25) is 0 Å². The molecule has 128 valence electrons. The van der Waals surface area contributed by atoms with Crippen LogP contribution in [0.4, 0.5) is 13.2 Å². The molecular weight excluding hydrogens is 351 g/mol. The Morgan fingerprint density at radius 1 is 1.00 bits per heavy atom. The summed E-state index contributed by atoms with van der Waals surface area (Å²) in [5.41, 5.74) is -0.618. The van der Waals surface area contributed by atoms with Crippen LogP contribution in [0.3, 0.4) is 0 Å². The van der Waals surface area contributed by atoms with Gasteiger partial charge < -0.3 is 4.98 Å². The van der Waals surface area contributed by atoms with Crippen LogP contribution in [0.1, 0.15) is 15.9 Å². The van der Waals surface area contributed by atoms with Crippen LogP contribution in [0, 0.1) is 0 Å². The fourth-order valence-electron chi connectivity index (χ4n) is 2.44. The number of carbonyl (C=O) groups excluding carboxylic acids is 1. The summed E-state index contributed by atoms with van der Waals surface area (Å²) in [5, 5.41) is 0.413. The molecule has 1 N–H and O–H groups in total. The van der Waals surface area contributed by atoms with Crippen molar-refractivity contribution in [1.29, 1.82) is 0 Å². The lowest BCUT2D eigenvalue weighted by atomic mass is 10.1. The molecular formula is C18H12F3NO2S. The van der Waals surface area contributed by atoms with Gasteiger partial charge in [-0.25, -0.2) is 0 Å². The molecule has 3 aromatic rings. The summed E-state index contributed by atoms with van der Waals surface area (Å²) in [4.78, 5) is 26.4. The van der Waals surface area contributed by atoms with Gasteiger partial charge in [-0.3, -0.25) is 9.59 Å². The molecule has 0 radical (unpaired) electrons. The number of aromatic nitrogens is 1. The van der Waals surface area contributed by atoms with Crippen LogP contribution < -0.4 is 5.56 Å². The first kappa shape index (κ1) is 17.3. The number of thioether (sulfide) groups is 1. The molecule has 25 heavy (non-hydrogen) atoms. The van der Waals surface area contributed by atoms with E-state index in [1.807, 2.05) is 30.3 Å². The largest absolute Gasteiger partial charge is 0.455 e. The lowest BCUT2D eigenvalue weighted by Crippen LogP contribution is -2.30. The molecule has 3 nitrogen and oxygen atoms in total. The van der Waals surface area contributed by atoms with Gasteiger partial charge in [0.15, 0.2) is 0 Å².